The molecule has 0 bridgehead atoms. The molecule has 0 fully saturated rings. The molecular formula is C18H4N10. The van der Waals surface area contributed by atoms with E-state index in [1.807, 2.05) is 6.07 Å². The highest BCUT2D eigenvalue weighted by Gasteiger charge is 2.22. The van der Waals surface area contributed by atoms with Crippen LogP contribution in [0.5, 0.6) is 0 Å². The molecule has 0 spiro atoms. The molecule has 10 nitrogen and oxygen atoms in total. The van der Waals surface area contributed by atoms with Gasteiger partial charge in [-0.25, -0.2) is 4.98 Å². The first-order chi connectivity index (χ1) is 13.7. The first-order valence-corrected chi connectivity index (χ1v) is 7.58. The van der Waals surface area contributed by atoms with Crippen LogP contribution in [-0.4, -0.2) is 33.8 Å². The van der Waals surface area contributed by atoms with Gasteiger partial charge in [0.1, 0.15) is 17.3 Å². The number of aliphatic imine (C=N–C) groups is 3. The molecule has 28 heavy (non-hydrogen) atoms. The van der Waals surface area contributed by atoms with Crippen LogP contribution in [0.4, 0.5) is 17.2 Å². The van der Waals surface area contributed by atoms with Crippen LogP contribution in [0, 0.1) is 35.9 Å². The summed E-state index contributed by atoms with van der Waals surface area (Å²) in [6, 6.07) is 1.87. The summed E-state index contributed by atoms with van der Waals surface area (Å²) >= 11 is 0. The predicted octanol–water partition coefficient (Wildman–Crippen LogP) is 1.24. The third-order valence-electron chi connectivity index (χ3n) is 3.91. The Bertz CT molecular complexity index is 1380. The Kier molecular flexibility index (Phi) is 3.72. The Morgan fingerprint density at radius 3 is 2.18 bits per heavy atom. The van der Waals surface area contributed by atoms with Gasteiger partial charge in [-0.1, -0.05) is 6.57 Å². The average molecular weight is 360 g/mol. The second-order valence-corrected chi connectivity index (χ2v) is 5.41. The maximum absolute atomic E-state index is 9.31. The number of hydrogen-bond acceptors (Lipinski definition) is 8. The summed E-state index contributed by atoms with van der Waals surface area (Å²) in [5, 5.41) is 22.8. The van der Waals surface area contributed by atoms with Crippen LogP contribution in [0.3, 0.4) is 0 Å². The zero-order chi connectivity index (χ0) is 19.7. The number of nitriles is 2. The Labute approximate surface area is 156 Å². The zero-order valence-electron chi connectivity index (χ0n) is 13.8. The lowest BCUT2D eigenvalue weighted by Gasteiger charge is -2.11. The molecular weight excluding hydrogens is 356 g/mol. The van der Waals surface area contributed by atoms with E-state index in [-0.39, 0.29) is 11.5 Å². The van der Waals surface area contributed by atoms with Gasteiger partial charge in [0.15, 0.2) is 16.9 Å². The third-order valence-corrected chi connectivity index (χ3v) is 3.91. The van der Waals surface area contributed by atoms with Crippen LogP contribution < -0.4 is 10.4 Å². The number of nitrogens with zero attached hydrogens (tertiary/aromatic N) is 10. The van der Waals surface area contributed by atoms with Crippen molar-refractivity contribution in [2.45, 2.75) is 0 Å². The summed E-state index contributed by atoms with van der Waals surface area (Å²) in [6.45, 7) is 14.2. The van der Waals surface area contributed by atoms with Gasteiger partial charge in [-0.05, 0) is 12.2 Å². The fourth-order valence-corrected chi connectivity index (χ4v) is 2.83. The van der Waals surface area contributed by atoms with E-state index >= 15 is 0 Å². The molecule has 0 unspecified atom stereocenters. The number of aromatic nitrogens is 2. The molecule has 10 heteroatoms. The maximum atomic E-state index is 9.31. The van der Waals surface area contributed by atoms with Gasteiger partial charge >= 0.3 is 5.82 Å². The lowest BCUT2D eigenvalue weighted by molar-refractivity contribution is 1.24. The third kappa shape index (κ3) is 2.40. The molecule has 2 aliphatic heterocycles. The number of rotatable bonds is 0. The molecule has 0 amide bonds. The van der Waals surface area contributed by atoms with Crippen LogP contribution in [0.2, 0.25) is 0 Å². The molecule has 1 aromatic heterocycles. The van der Waals surface area contributed by atoms with Crippen molar-refractivity contribution < 1.29 is 0 Å². The average Bonchev–Trinajstić information content (AvgIpc) is 2.73. The van der Waals surface area contributed by atoms with Crippen LogP contribution in [0.15, 0.2) is 20.1 Å². The Morgan fingerprint density at radius 2 is 1.57 bits per heavy atom. The summed E-state index contributed by atoms with van der Waals surface area (Å²) in [4.78, 5) is 27.2. The topological polar surface area (TPSA) is 132 Å². The maximum Gasteiger partial charge on any atom is 0.307 e. The molecule has 0 aliphatic carbocycles. The minimum absolute atomic E-state index is 0.124. The van der Waals surface area contributed by atoms with Gasteiger partial charge in [-0.2, -0.15) is 22.1 Å². The van der Waals surface area contributed by atoms with Gasteiger partial charge in [-0.3, -0.25) is 9.98 Å². The Morgan fingerprint density at radius 1 is 0.929 bits per heavy atom. The van der Waals surface area contributed by atoms with E-state index in [4.69, 9.17) is 18.4 Å². The highest BCUT2D eigenvalue weighted by molar-refractivity contribution is 6.47. The van der Waals surface area contributed by atoms with Crippen molar-refractivity contribution in [2.75, 3.05) is 0 Å². The molecule has 4 rings (SSSR count). The van der Waals surface area contributed by atoms with Gasteiger partial charge in [0.2, 0.25) is 6.19 Å². The van der Waals surface area contributed by atoms with Crippen molar-refractivity contribution in [3.8, 4) is 12.3 Å². The SMILES string of the molecule is [C-]#[N+]/N=C1\C=Nc2c3c(c4nc(C#N)c([N+]#[C-])nc4c2=C1)=CC(=NC#N)C=N3. The summed E-state index contributed by atoms with van der Waals surface area (Å²) in [5.41, 5.74) is 2.06. The first-order valence-electron chi connectivity index (χ1n) is 7.58. The fraction of sp³-hybridized carbons (Fsp3) is 0. The normalized spacial score (nSPS) is 16.1. The number of hydrogen-bond donors (Lipinski definition) is 0. The van der Waals surface area contributed by atoms with Crippen molar-refractivity contribution in [3.63, 3.8) is 0 Å². The molecule has 2 aliphatic rings. The van der Waals surface area contributed by atoms with E-state index in [1.54, 1.807) is 18.3 Å². The van der Waals surface area contributed by atoms with Crippen LogP contribution in [-0.2, 0) is 0 Å². The molecule has 3 heterocycles. The zero-order valence-corrected chi connectivity index (χ0v) is 13.8. The van der Waals surface area contributed by atoms with Gasteiger partial charge in [0.05, 0.1) is 34.1 Å². The van der Waals surface area contributed by atoms with Crippen molar-refractivity contribution in [1.82, 2.24) is 9.97 Å². The lowest BCUT2D eigenvalue weighted by Crippen LogP contribution is -2.23. The molecule has 0 atom stereocenters. The van der Waals surface area contributed by atoms with E-state index in [2.05, 4.69) is 39.8 Å². The van der Waals surface area contributed by atoms with Crippen LogP contribution >= 0.6 is 0 Å². The highest BCUT2D eigenvalue weighted by Crippen LogP contribution is 2.27. The van der Waals surface area contributed by atoms with E-state index < -0.39 is 0 Å². The molecule has 1 aromatic carbocycles. The van der Waals surface area contributed by atoms with Crippen molar-refractivity contribution in [3.05, 3.63) is 39.1 Å². The Hall–Kier alpha value is -5.06. The molecule has 0 saturated heterocycles. The molecule has 0 radical (unpaired) electrons. The van der Waals surface area contributed by atoms with Gasteiger partial charge < -0.3 is 4.85 Å². The van der Waals surface area contributed by atoms with Crippen LogP contribution in [0.1, 0.15) is 5.69 Å². The smallest absolute Gasteiger partial charge is 0.307 e. The molecule has 2 aromatic rings. The van der Waals surface area contributed by atoms with Gasteiger partial charge in [-0.15, -0.1) is 9.94 Å². The second kappa shape index (κ2) is 6.34. The minimum Gasteiger partial charge on any atom is -0.358 e. The number of benzene rings is 1. The van der Waals surface area contributed by atoms with E-state index in [0.717, 1.165) is 0 Å². The fourth-order valence-electron chi connectivity index (χ4n) is 2.83. The second-order valence-electron chi connectivity index (χ2n) is 5.41. The lowest BCUT2D eigenvalue weighted by atomic mass is 10.0. The van der Waals surface area contributed by atoms with Gasteiger partial charge in [0, 0.05) is 5.22 Å². The summed E-state index contributed by atoms with van der Waals surface area (Å²) in [6.07, 6.45) is 7.74. The minimum atomic E-state index is -0.144. The van der Waals surface area contributed by atoms with E-state index in [1.165, 1.54) is 12.4 Å². The highest BCUT2D eigenvalue weighted by atomic mass is 15.2. The van der Waals surface area contributed by atoms with Crippen molar-refractivity contribution in [2.24, 2.45) is 20.1 Å². The Balaban J connectivity index is 2.28. The van der Waals surface area contributed by atoms with Crippen molar-refractivity contribution >= 4 is 64.2 Å². The van der Waals surface area contributed by atoms with E-state index in [0.29, 0.717) is 44.3 Å². The quantitative estimate of drug-likeness (QED) is 0.397. The first kappa shape index (κ1) is 16.4. The predicted molar refractivity (Wildman–Crippen MR) is 102 cm³/mol. The summed E-state index contributed by atoms with van der Waals surface area (Å²) < 4.78 is 0. The van der Waals surface area contributed by atoms with Gasteiger partial charge in [0.25, 0.3) is 0 Å². The summed E-state index contributed by atoms with van der Waals surface area (Å²) in [5.74, 6) is -0.144. The van der Waals surface area contributed by atoms with Crippen molar-refractivity contribution in [1.29, 1.82) is 10.5 Å². The number of fused-ring (bicyclic) bond motifs is 6. The van der Waals surface area contributed by atoms with E-state index in [9.17, 15) is 5.26 Å². The largest absolute Gasteiger partial charge is 0.358 e. The molecule has 126 valence electrons. The molecule has 0 N–H and O–H groups in total. The molecule has 0 saturated carbocycles. The van der Waals surface area contributed by atoms with Crippen LogP contribution in [0.25, 0.3) is 33.0 Å². The standard InChI is InChI=1S/C18H4N10/c1-21-18-13(5-19)26-16-11-3-9(25-8-20)6-23-14(11)15-12(17(16)27-18)4-10(7-24-15)28-22-2/h3-4,6-7H/b25-9?,28-10-. The summed E-state index contributed by atoms with van der Waals surface area (Å²) in [7, 11) is 0. The monoisotopic (exact) mass is 360 g/mol.